The van der Waals surface area contributed by atoms with Gasteiger partial charge in [0.2, 0.25) is 0 Å². The number of rotatable bonds is 3. The molecule has 0 bridgehead atoms. The van der Waals surface area contributed by atoms with Gasteiger partial charge in [0, 0.05) is 17.6 Å². The van der Waals surface area contributed by atoms with E-state index in [1.54, 1.807) is 0 Å². The van der Waals surface area contributed by atoms with Crippen LogP contribution in [0.4, 0.5) is 5.69 Å². The average molecular weight is 242 g/mol. The summed E-state index contributed by atoms with van der Waals surface area (Å²) >= 11 is 0. The van der Waals surface area contributed by atoms with Crippen LogP contribution in [0.25, 0.3) is 11.1 Å². The summed E-state index contributed by atoms with van der Waals surface area (Å²) in [6.45, 7) is 2.31. The lowest BCUT2D eigenvalue weighted by atomic mass is 9.82. The molecule has 94 valence electrons. The maximum atomic E-state index is 5.77. The standard InChI is InChI=1S/C15H18N2O/c1-9-6-12(7-9)16-11-4-5-14-13(8-11)17-15(18-14)10-2-3-10/h4-5,8-10,12,16H,2-3,6-7H2,1H3. The normalized spacial score (nSPS) is 27.2. The SMILES string of the molecule is CC1CC(Nc2ccc3oc(C4CC4)nc3c2)C1. The van der Waals surface area contributed by atoms with Crippen molar-refractivity contribution >= 4 is 16.8 Å². The predicted molar refractivity (Wildman–Crippen MR) is 71.8 cm³/mol. The molecule has 1 aromatic carbocycles. The Balaban J connectivity index is 1.58. The number of aromatic nitrogens is 1. The molecule has 2 aliphatic carbocycles. The van der Waals surface area contributed by atoms with E-state index in [9.17, 15) is 0 Å². The molecular weight excluding hydrogens is 224 g/mol. The highest BCUT2D eigenvalue weighted by molar-refractivity contribution is 5.77. The summed E-state index contributed by atoms with van der Waals surface area (Å²) in [5, 5.41) is 3.57. The van der Waals surface area contributed by atoms with Gasteiger partial charge in [0.1, 0.15) is 5.52 Å². The summed E-state index contributed by atoms with van der Waals surface area (Å²) in [5.41, 5.74) is 3.09. The van der Waals surface area contributed by atoms with Crippen LogP contribution in [-0.4, -0.2) is 11.0 Å². The van der Waals surface area contributed by atoms with Crippen molar-refractivity contribution < 1.29 is 4.42 Å². The molecule has 2 aliphatic rings. The molecule has 18 heavy (non-hydrogen) atoms. The van der Waals surface area contributed by atoms with Gasteiger partial charge in [-0.1, -0.05) is 6.92 Å². The highest BCUT2D eigenvalue weighted by Gasteiger charge is 2.29. The lowest BCUT2D eigenvalue weighted by Crippen LogP contribution is -2.33. The number of hydrogen-bond donors (Lipinski definition) is 1. The first-order chi connectivity index (χ1) is 8.78. The molecule has 0 atom stereocenters. The van der Waals surface area contributed by atoms with Crippen LogP contribution in [0.2, 0.25) is 0 Å². The molecule has 1 aromatic heterocycles. The highest BCUT2D eigenvalue weighted by Crippen LogP contribution is 2.40. The zero-order chi connectivity index (χ0) is 12.1. The van der Waals surface area contributed by atoms with Crippen molar-refractivity contribution in [2.75, 3.05) is 5.32 Å². The fraction of sp³-hybridized carbons (Fsp3) is 0.533. The molecule has 4 rings (SSSR count). The number of nitrogens with zero attached hydrogens (tertiary/aromatic N) is 1. The third-order valence-electron chi connectivity index (χ3n) is 4.08. The molecule has 1 N–H and O–H groups in total. The largest absolute Gasteiger partial charge is 0.440 e. The van der Waals surface area contributed by atoms with Gasteiger partial charge in [0.15, 0.2) is 11.5 Å². The minimum absolute atomic E-state index is 0.585. The summed E-state index contributed by atoms with van der Waals surface area (Å²) in [7, 11) is 0. The summed E-state index contributed by atoms with van der Waals surface area (Å²) in [5.74, 6) is 2.39. The lowest BCUT2D eigenvalue weighted by Gasteiger charge is -2.34. The number of nitrogens with one attached hydrogen (secondary N) is 1. The van der Waals surface area contributed by atoms with E-state index in [1.807, 2.05) is 6.07 Å². The maximum absolute atomic E-state index is 5.77. The van der Waals surface area contributed by atoms with Gasteiger partial charge in [-0.25, -0.2) is 4.98 Å². The number of fused-ring (bicyclic) bond motifs is 1. The molecule has 0 radical (unpaired) electrons. The Morgan fingerprint density at radius 3 is 2.83 bits per heavy atom. The third-order valence-corrected chi connectivity index (χ3v) is 4.08. The van der Waals surface area contributed by atoms with Crippen molar-refractivity contribution in [1.82, 2.24) is 4.98 Å². The number of oxazole rings is 1. The highest BCUT2D eigenvalue weighted by atomic mass is 16.3. The zero-order valence-corrected chi connectivity index (χ0v) is 10.6. The molecule has 0 aliphatic heterocycles. The van der Waals surface area contributed by atoms with Crippen LogP contribution in [0.3, 0.4) is 0 Å². The van der Waals surface area contributed by atoms with E-state index in [0.29, 0.717) is 12.0 Å². The van der Waals surface area contributed by atoms with Crippen molar-refractivity contribution in [2.45, 2.75) is 44.6 Å². The van der Waals surface area contributed by atoms with Gasteiger partial charge in [0.25, 0.3) is 0 Å². The molecule has 3 nitrogen and oxygen atoms in total. The van der Waals surface area contributed by atoms with Crippen LogP contribution in [0.5, 0.6) is 0 Å². The van der Waals surface area contributed by atoms with E-state index < -0.39 is 0 Å². The van der Waals surface area contributed by atoms with Gasteiger partial charge in [-0.15, -0.1) is 0 Å². The van der Waals surface area contributed by atoms with Crippen LogP contribution in [0, 0.1) is 5.92 Å². The maximum Gasteiger partial charge on any atom is 0.198 e. The third kappa shape index (κ3) is 1.78. The summed E-state index contributed by atoms with van der Waals surface area (Å²) in [4.78, 5) is 4.59. The van der Waals surface area contributed by atoms with E-state index in [0.717, 1.165) is 22.9 Å². The Bertz CT molecular complexity index is 579. The predicted octanol–water partition coefficient (Wildman–Crippen LogP) is 3.92. The first-order valence-electron chi connectivity index (χ1n) is 6.95. The van der Waals surface area contributed by atoms with Gasteiger partial charge in [0.05, 0.1) is 0 Å². The van der Waals surface area contributed by atoms with Gasteiger partial charge in [-0.05, 0) is 49.8 Å². The smallest absolute Gasteiger partial charge is 0.198 e. The summed E-state index contributed by atoms with van der Waals surface area (Å²) in [6.07, 6.45) is 5.03. The Labute approximate surface area is 107 Å². The Hall–Kier alpha value is -1.51. The second kappa shape index (κ2) is 3.74. The molecule has 0 spiro atoms. The topological polar surface area (TPSA) is 38.1 Å². The molecule has 2 aromatic rings. The Kier molecular flexibility index (Phi) is 2.16. The molecule has 0 unspecified atom stereocenters. The monoisotopic (exact) mass is 242 g/mol. The number of benzene rings is 1. The lowest BCUT2D eigenvalue weighted by molar-refractivity contribution is 0.309. The van der Waals surface area contributed by atoms with Crippen molar-refractivity contribution in [3.63, 3.8) is 0 Å². The first kappa shape index (κ1) is 10.4. The van der Waals surface area contributed by atoms with Crippen LogP contribution in [0.15, 0.2) is 22.6 Å². The van der Waals surface area contributed by atoms with Crippen molar-refractivity contribution in [3.05, 3.63) is 24.1 Å². The van der Waals surface area contributed by atoms with Crippen molar-refractivity contribution in [1.29, 1.82) is 0 Å². The van der Waals surface area contributed by atoms with Crippen LogP contribution in [0.1, 0.15) is 44.4 Å². The quantitative estimate of drug-likeness (QED) is 0.886. The van der Waals surface area contributed by atoms with E-state index in [4.69, 9.17) is 4.42 Å². The van der Waals surface area contributed by atoms with Crippen molar-refractivity contribution in [3.8, 4) is 0 Å². The molecule has 2 fully saturated rings. The summed E-state index contributed by atoms with van der Waals surface area (Å²) < 4.78 is 5.77. The molecule has 2 saturated carbocycles. The number of anilines is 1. The van der Waals surface area contributed by atoms with Crippen LogP contribution >= 0.6 is 0 Å². The van der Waals surface area contributed by atoms with Crippen LogP contribution in [-0.2, 0) is 0 Å². The van der Waals surface area contributed by atoms with E-state index in [1.165, 1.54) is 31.4 Å². The fourth-order valence-electron chi connectivity index (χ4n) is 2.80. The Morgan fingerprint density at radius 1 is 1.28 bits per heavy atom. The van der Waals surface area contributed by atoms with E-state index in [2.05, 4.69) is 29.4 Å². The molecule has 3 heteroatoms. The second-order valence-electron chi connectivity index (χ2n) is 5.93. The zero-order valence-electron chi connectivity index (χ0n) is 10.6. The molecule has 1 heterocycles. The van der Waals surface area contributed by atoms with Crippen LogP contribution < -0.4 is 5.32 Å². The molecular formula is C15H18N2O. The number of hydrogen-bond acceptors (Lipinski definition) is 3. The Morgan fingerprint density at radius 2 is 2.11 bits per heavy atom. The summed E-state index contributed by atoms with van der Waals surface area (Å²) in [6, 6.07) is 6.91. The minimum atomic E-state index is 0.585. The van der Waals surface area contributed by atoms with Crippen molar-refractivity contribution in [2.24, 2.45) is 5.92 Å². The van der Waals surface area contributed by atoms with Gasteiger partial charge >= 0.3 is 0 Å². The average Bonchev–Trinajstić information content (AvgIpc) is 3.07. The minimum Gasteiger partial charge on any atom is -0.440 e. The van der Waals surface area contributed by atoms with Gasteiger partial charge in [-0.3, -0.25) is 0 Å². The van der Waals surface area contributed by atoms with E-state index >= 15 is 0 Å². The molecule has 0 saturated heterocycles. The molecule has 0 amide bonds. The van der Waals surface area contributed by atoms with E-state index in [-0.39, 0.29) is 0 Å². The van der Waals surface area contributed by atoms with Gasteiger partial charge < -0.3 is 9.73 Å². The second-order valence-corrected chi connectivity index (χ2v) is 5.93. The fourth-order valence-corrected chi connectivity index (χ4v) is 2.80. The van der Waals surface area contributed by atoms with Gasteiger partial charge in [-0.2, -0.15) is 0 Å². The first-order valence-corrected chi connectivity index (χ1v) is 6.95.